The molecule has 0 aromatic heterocycles. The van der Waals surface area contributed by atoms with Crippen molar-refractivity contribution in [1.29, 1.82) is 0 Å². The zero-order chi connectivity index (χ0) is 49.6. The molecule has 452 valence electrons. The number of carbonyl (C=O) groups is 8. The van der Waals surface area contributed by atoms with Crippen LogP contribution in [0.1, 0.15) is 216 Å². The fourth-order valence-corrected chi connectivity index (χ4v) is 18.9. The maximum Gasteiger partial charge on any atom is 0.318 e. The van der Waals surface area contributed by atoms with E-state index in [-0.39, 0.29) is 162 Å². The van der Waals surface area contributed by atoms with Gasteiger partial charge >= 0.3 is 41.8 Å². The van der Waals surface area contributed by atoms with Crippen LogP contribution in [0.25, 0.3) is 0 Å². The predicted octanol–water partition coefficient (Wildman–Crippen LogP) is 12.0. The van der Waals surface area contributed by atoms with Crippen molar-refractivity contribution >= 4 is 47.6 Å². The van der Waals surface area contributed by atoms with Gasteiger partial charge in [0.15, 0.2) is 0 Å². The first kappa shape index (κ1) is 67.6. The maximum absolute atomic E-state index is 16.0. The van der Waals surface area contributed by atoms with E-state index in [0.717, 1.165) is 44.9 Å². The Morgan fingerprint density at radius 1 is 0.595 bits per heavy atom. The molecule has 4 aliphatic heterocycles. The maximum atomic E-state index is 16.0. The third-order valence-electron chi connectivity index (χ3n) is 21.2. The lowest BCUT2D eigenvalue weighted by Gasteiger charge is -2.63. The van der Waals surface area contributed by atoms with Crippen molar-refractivity contribution in [2.24, 2.45) is 92.7 Å². The molecule has 0 spiro atoms. The quantitative estimate of drug-likeness (QED) is 0.0953. The highest BCUT2D eigenvalue weighted by atomic mass is 16.7. The number of ketones is 1. The van der Waals surface area contributed by atoms with Crippen LogP contribution in [0.2, 0.25) is 0 Å². The number of hydrogen-bond acceptors (Lipinski definition) is 16. The standard InChI is InChI=1S/C55H72O16.8CH4/c1-28-34-15-35(37-23-66-44(58)40(34)37)36(28)22-50(3,46(60)70-54-18-30-13-32(20-54)42(56)33(14-30)21-54)24-51(4,41-29(2)43(57)69-45(41)59)47(61)71-55-19-31-16-52(26-55,48(62)67-38-9-5-7-11-64-38)25-53(17-31,27-55)49(63)68-39-10-6-8-12-65-39;;;;;;;;/h28-41H,5-27H2,1-4H3;8*1H4. The van der Waals surface area contributed by atoms with Crippen LogP contribution < -0.4 is 0 Å². The average Bonchev–Trinajstić information content (AvgIpc) is 4.05. The van der Waals surface area contributed by atoms with Crippen LogP contribution in [0, 0.1) is 92.7 Å². The van der Waals surface area contributed by atoms with Gasteiger partial charge in [0, 0.05) is 43.4 Å². The van der Waals surface area contributed by atoms with E-state index in [1.165, 1.54) is 0 Å². The summed E-state index contributed by atoms with van der Waals surface area (Å²) in [7, 11) is 0. The van der Waals surface area contributed by atoms with Crippen LogP contribution in [0.15, 0.2) is 0 Å². The van der Waals surface area contributed by atoms with Crippen molar-refractivity contribution < 1.29 is 76.3 Å². The minimum Gasteiger partial charge on any atom is -0.465 e. The number of hydrogen-bond donors (Lipinski definition) is 0. The van der Waals surface area contributed by atoms with E-state index in [2.05, 4.69) is 6.92 Å². The van der Waals surface area contributed by atoms with Crippen LogP contribution in [-0.4, -0.2) is 91.2 Å². The summed E-state index contributed by atoms with van der Waals surface area (Å²) in [6.45, 7) is 8.34. The van der Waals surface area contributed by atoms with Crippen molar-refractivity contribution in [3.8, 4) is 0 Å². The smallest absolute Gasteiger partial charge is 0.318 e. The summed E-state index contributed by atoms with van der Waals surface area (Å²) >= 11 is 0. The molecule has 0 aromatic rings. The normalized spacial score (nSPS) is 42.5. The Labute approximate surface area is 474 Å². The molecule has 16 nitrogen and oxygen atoms in total. The van der Waals surface area contributed by atoms with Gasteiger partial charge < -0.3 is 37.9 Å². The van der Waals surface area contributed by atoms with E-state index in [4.69, 9.17) is 37.9 Å². The minimum atomic E-state index is -1.87. The van der Waals surface area contributed by atoms with Gasteiger partial charge in [0.25, 0.3) is 0 Å². The van der Waals surface area contributed by atoms with Gasteiger partial charge in [0.05, 0.1) is 59.2 Å². The lowest BCUT2D eigenvalue weighted by atomic mass is 9.42. The summed E-state index contributed by atoms with van der Waals surface area (Å²) in [4.78, 5) is 115. The van der Waals surface area contributed by atoms with E-state index in [0.29, 0.717) is 71.2 Å². The zero-order valence-electron chi connectivity index (χ0n) is 41.9. The highest BCUT2D eigenvalue weighted by Gasteiger charge is 2.73. The molecule has 16 unspecified atom stereocenters. The molecular formula is C63H104O16. The molecule has 4 saturated heterocycles. The van der Waals surface area contributed by atoms with Gasteiger partial charge in [-0.1, -0.05) is 73.3 Å². The predicted molar refractivity (Wildman–Crippen MR) is 297 cm³/mol. The molecule has 0 N–H and O–H groups in total. The summed E-state index contributed by atoms with van der Waals surface area (Å²) in [5, 5.41) is 0. The van der Waals surface area contributed by atoms with Gasteiger partial charge in [0.1, 0.15) is 17.0 Å². The molecule has 4 heterocycles. The Balaban J connectivity index is 0.00000168. The second kappa shape index (κ2) is 23.7. The zero-order valence-corrected chi connectivity index (χ0v) is 41.9. The number of Topliss-reactive ketones (excluding diaryl/α,β-unsaturated/α-hetero) is 1. The van der Waals surface area contributed by atoms with Crippen molar-refractivity contribution in [1.82, 2.24) is 0 Å². The second-order valence-electron chi connectivity index (χ2n) is 26.1. The molecule has 16 atom stereocenters. The average molecular weight is 1120 g/mol. The first-order chi connectivity index (χ1) is 33.7. The van der Waals surface area contributed by atoms with E-state index < -0.39 is 93.1 Å². The van der Waals surface area contributed by atoms with Gasteiger partial charge in [-0.3, -0.25) is 38.4 Å². The van der Waals surface area contributed by atoms with E-state index in [9.17, 15) is 28.8 Å². The van der Waals surface area contributed by atoms with Gasteiger partial charge in [-0.25, -0.2) is 0 Å². The first-order valence-corrected chi connectivity index (χ1v) is 27.3. The number of cyclic esters (lactones) is 3. The lowest BCUT2D eigenvalue weighted by Crippen LogP contribution is -2.66. The summed E-state index contributed by atoms with van der Waals surface area (Å²) in [5.74, 6) is -6.76. The van der Waals surface area contributed by atoms with Crippen LogP contribution in [0.3, 0.4) is 0 Å². The Morgan fingerprint density at radius 3 is 1.66 bits per heavy atom. The van der Waals surface area contributed by atoms with Crippen LogP contribution >= 0.6 is 0 Å². The molecule has 10 bridgehead atoms. The number of fused-ring (bicyclic) bond motifs is 5. The molecule has 0 radical (unpaired) electrons. The molecular weight excluding hydrogens is 1010 g/mol. The van der Waals surface area contributed by atoms with Gasteiger partial charge in [-0.2, -0.15) is 0 Å². The second-order valence-corrected chi connectivity index (χ2v) is 26.1. The van der Waals surface area contributed by atoms with Crippen LogP contribution in [0.5, 0.6) is 0 Å². The SMILES string of the molecule is C.C.C.C.C.C.C.C.CC1C(=O)OC(=O)C1C(C)(CC(C)(CC1C(C)C2CC1C1COC(=O)C21)C(=O)OC12CC3CC(C1)C(=O)C(C3)C2)C(=O)OC12CC3CC(C(=O)OC4CCCCO4)(C1)CC(C(=O)OC1CCCCO1)(C3)C2. The van der Waals surface area contributed by atoms with Crippen molar-refractivity contribution in [2.75, 3.05) is 19.8 Å². The van der Waals surface area contributed by atoms with Gasteiger partial charge in [-0.05, 0) is 152 Å². The molecule has 14 aliphatic rings. The van der Waals surface area contributed by atoms with E-state index in [1.54, 1.807) is 13.8 Å². The van der Waals surface area contributed by atoms with E-state index in [1.807, 2.05) is 6.92 Å². The molecule has 16 heteroatoms. The number of carbonyl (C=O) groups excluding carboxylic acids is 8. The molecule has 14 rings (SSSR count). The monoisotopic (exact) mass is 1120 g/mol. The Kier molecular flexibility index (Phi) is 20.3. The Bertz CT molecular complexity index is 2230. The van der Waals surface area contributed by atoms with Gasteiger partial charge in [0.2, 0.25) is 12.6 Å². The third kappa shape index (κ3) is 10.9. The molecule has 79 heavy (non-hydrogen) atoms. The van der Waals surface area contributed by atoms with Crippen LogP contribution in [0.4, 0.5) is 0 Å². The summed E-state index contributed by atoms with van der Waals surface area (Å²) < 4.78 is 48.8. The summed E-state index contributed by atoms with van der Waals surface area (Å²) in [5.41, 5.74) is -8.01. The largest absolute Gasteiger partial charge is 0.465 e. The fourth-order valence-electron chi connectivity index (χ4n) is 18.9. The van der Waals surface area contributed by atoms with Crippen LogP contribution in [-0.2, 0) is 76.3 Å². The lowest BCUT2D eigenvalue weighted by molar-refractivity contribution is -0.256. The van der Waals surface area contributed by atoms with Crippen molar-refractivity contribution in [3.63, 3.8) is 0 Å². The highest BCUT2D eigenvalue weighted by molar-refractivity contribution is 6.00. The molecule has 0 aromatic carbocycles. The molecule has 10 saturated carbocycles. The minimum absolute atomic E-state index is 0. The number of esters is 7. The Hall–Kier alpha value is -3.92. The van der Waals surface area contributed by atoms with Crippen molar-refractivity contribution in [3.05, 3.63) is 0 Å². The summed E-state index contributed by atoms with van der Waals surface area (Å²) in [6.07, 6.45) is 8.43. The molecule has 10 aliphatic carbocycles. The molecule has 0 amide bonds. The van der Waals surface area contributed by atoms with E-state index >= 15 is 9.59 Å². The Morgan fingerprint density at radius 2 is 1.14 bits per heavy atom. The van der Waals surface area contributed by atoms with Gasteiger partial charge in [-0.15, -0.1) is 0 Å². The third-order valence-corrected chi connectivity index (χ3v) is 21.2. The first-order valence-electron chi connectivity index (χ1n) is 27.3. The topological polar surface area (TPSA) is 210 Å². The van der Waals surface area contributed by atoms with Crippen molar-refractivity contribution in [2.45, 2.75) is 239 Å². The highest BCUT2D eigenvalue weighted by Crippen LogP contribution is 2.70. The summed E-state index contributed by atoms with van der Waals surface area (Å²) in [6, 6.07) is 0. The molecule has 14 fully saturated rings. The number of rotatable bonds is 13. The number of ether oxygens (including phenoxy) is 8. The fraction of sp³-hybridized carbons (Fsp3) is 0.873.